The summed E-state index contributed by atoms with van der Waals surface area (Å²) in [6, 6.07) is 9.72. The van der Waals surface area contributed by atoms with Crippen molar-refractivity contribution in [3.8, 4) is 22.9 Å². The van der Waals surface area contributed by atoms with E-state index in [1.165, 1.54) is 0 Å². The standard InChI is InChI=1S/C36H35FIN8O4P.C2H6/c1-17(48-5)15-50-36-42-31-23(34(43-36)45(3)4)11-22(20-7-8-20)30(29-18(2)26(37)12-28-25(29)14-40-46(28)51-38)33(31)49-16-19-6-9-21-24-13-39-44-32(24)35(47)41-27(21)10-19;1-2/h6,9-14,17,20,51H,7-8,15-16H2,1-5H3,(H,39,44)(H,41,47);1-2H3. The highest BCUT2D eigenvalue weighted by molar-refractivity contribution is 14.2. The summed E-state index contributed by atoms with van der Waals surface area (Å²) < 4.78 is 36.2. The van der Waals surface area contributed by atoms with Crippen LogP contribution in [0.4, 0.5) is 10.2 Å². The monoisotopic (exact) mass is 850 g/mol. The Hall–Kier alpha value is -4.40. The van der Waals surface area contributed by atoms with Crippen molar-refractivity contribution in [1.82, 2.24) is 34.7 Å². The minimum atomic E-state index is -0.319. The third kappa shape index (κ3) is 6.81. The van der Waals surface area contributed by atoms with Crippen molar-refractivity contribution in [2.75, 3.05) is 32.7 Å². The maximum atomic E-state index is 16.0. The molecule has 2 unspecified atom stereocenters. The van der Waals surface area contributed by atoms with Gasteiger partial charge in [0.25, 0.3) is 5.56 Å². The lowest BCUT2D eigenvalue weighted by molar-refractivity contribution is 0.0682. The van der Waals surface area contributed by atoms with Crippen LogP contribution in [0.15, 0.2) is 47.5 Å². The van der Waals surface area contributed by atoms with Crippen molar-refractivity contribution >= 4 is 77.8 Å². The largest absolute Gasteiger partial charge is 0.486 e. The van der Waals surface area contributed by atoms with Gasteiger partial charge in [-0.05, 0) is 83.5 Å². The molecule has 1 aliphatic carbocycles. The first kappa shape index (κ1) is 36.9. The Morgan fingerprint density at radius 1 is 1.06 bits per heavy atom. The fourth-order valence-corrected chi connectivity index (χ4v) is 8.18. The summed E-state index contributed by atoms with van der Waals surface area (Å²) in [5, 5.41) is 14.7. The highest BCUT2D eigenvalue weighted by Crippen LogP contribution is 2.53. The first-order valence-electron chi connectivity index (χ1n) is 17.5. The Bertz CT molecular complexity index is 2550. The maximum absolute atomic E-state index is 16.0. The zero-order chi connectivity index (χ0) is 37.6. The third-order valence-electron chi connectivity index (χ3n) is 9.50. The molecule has 7 aromatic rings. The van der Waals surface area contributed by atoms with Crippen LogP contribution in [-0.2, 0) is 11.3 Å². The number of H-pyrrole nitrogens is 2. The van der Waals surface area contributed by atoms with Crippen LogP contribution in [0.5, 0.6) is 11.8 Å². The molecule has 0 spiro atoms. The van der Waals surface area contributed by atoms with Crippen molar-refractivity contribution in [1.29, 1.82) is 0 Å². The van der Waals surface area contributed by atoms with Gasteiger partial charge >= 0.3 is 6.01 Å². The molecular formula is C38H41FIN8O4P. The Balaban J connectivity index is 0.00000214. The van der Waals surface area contributed by atoms with Crippen molar-refractivity contribution in [3.63, 3.8) is 0 Å². The van der Waals surface area contributed by atoms with Crippen LogP contribution in [0.3, 0.4) is 0 Å². The molecule has 15 heteroatoms. The Morgan fingerprint density at radius 2 is 1.85 bits per heavy atom. The van der Waals surface area contributed by atoms with Crippen LogP contribution in [0.2, 0.25) is 0 Å². The van der Waals surface area contributed by atoms with Crippen molar-refractivity contribution in [2.24, 2.45) is 0 Å². The number of aromatic amines is 2. The van der Waals surface area contributed by atoms with E-state index in [1.807, 2.05) is 68.6 Å². The first-order valence-corrected chi connectivity index (χ1v) is 21.6. The molecule has 3 aromatic carbocycles. The number of benzene rings is 3. The number of nitrogens with zero attached hydrogens (tertiary/aromatic N) is 6. The van der Waals surface area contributed by atoms with E-state index < -0.39 is 0 Å². The lowest BCUT2D eigenvalue weighted by Gasteiger charge is -2.23. The van der Waals surface area contributed by atoms with Crippen LogP contribution in [0, 0.1) is 12.7 Å². The fraction of sp³-hybridized carbons (Fsp3) is 0.342. The van der Waals surface area contributed by atoms with E-state index in [0.29, 0.717) is 45.6 Å². The summed E-state index contributed by atoms with van der Waals surface area (Å²) in [5.41, 5.74) is 6.00. The number of aromatic nitrogens is 7. The quantitative estimate of drug-likeness (QED) is 0.0970. The molecule has 1 aliphatic rings. The van der Waals surface area contributed by atoms with Gasteiger partial charge in [-0.1, -0.05) is 26.0 Å². The van der Waals surface area contributed by atoms with E-state index in [4.69, 9.17) is 24.2 Å². The van der Waals surface area contributed by atoms with Crippen molar-refractivity contribution in [2.45, 2.75) is 59.2 Å². The SMILES string of the molecule is CC.COC(C)COc1nc(N(C)C)c2cc(C3CC3)c(-c3c(C)c(F)cc4c3cnn4PI)c(OCc3ccc4c(c3)[nH]c(=O)c3[nH]ncc34)c2n1. The van der Waals surface area contributed by atoms with Gasteiger partial charge in [0.1, 0.15) is 35.9 Å². The molecule has 2 atom stereocenters. The zero-order valence-corrected chi connectivity index (χ0v) is 33.8. The average Bonchev–Trinajstić information content (AvgIpc) is 3.74. The number of pyridine rings is 1. The molecule has 0 bridgehead atoms. The number of ether oxygens (including phenoxy) is 3. The number of hydrogen-bond donors (Lipinski definition) is 2. The Kier molecular flexibility index (Phi) is 10.6. The van der Waals surface area contributed by atoms with E-state index in [9.17, 15) is 4.79 Å². The first-order chi connectivity index (χ1) is 25.7. The molecule has 2 N–H and O–H groups in total. The zero-order valence-electron chi connectivity index (χ0n) is 30.6. The summed E-state index contributed by atoms with van der Waals surface area (Å²) in [5.74, 6) is 1.11. The van der Waals surface area contributed by atoms with Gasteiger partial charge in [-0.3, -0.25) is 9.89 Å². The number of halogens is 2. The number of rotatable bonds is 11. The Morgan fingerprint density at radius 3 is 2.57 bits per heavy atom. The normalized spacial score (nSPS) is 13.7. The van der Waals surface area contributed by atoms with Gasteiger partial charge in [0.2, 0.25) is 0 Å². The summed E-state index contributed by atoms with van der Waals surface area (Å²) >= 11 is 2.26. The van der Waals surface area contributed by atoms with Gasteiger partial charge in [0, 0.05) is 65.5 Å². The van der Waals surface area contributed by atoms with Gasteiger partial charge in [-0.25, -0.2) is 8.84 Å². The molecule has 12 nitrogen and oxygen atoms in total. The van der Waals surface area contributed by atoms with Crippen LogP contribution in [0.1, 0.15) is 56.2 Å². The molecule has 53 heavy (non-hydrogen) atoms. The fourth-order valence-electron chi connectivity index (χ4n) is 6.65. The number of hydrogen-bond acceptors (Lipinski definition) is 9. The second kappa shape index (κ2) is 15.2. The number of fused-ring (bicyclic) bond motifs is 5. The molecular weight excluding hydrogens is 809 g/mol. The summed E-state index contributed by atoms with van der Waals surface area (Å²) in [6.07, 6.45) is 5.58. The van der Waals surface area contributed by atoms with Gasteiger partial charge in [-0.15, -0.1) is 0 Å². The number of anilines is 1. The molecule has 4 aromatic heterocycles. The second-order valence-electron chi connectivity index (χ2n) is 13.1. The summed E-state index contributed by atoms with van der Waals surface area (Å²) in [4.78, 5) is 27.5. The van der Waals surface area contributed by atoms with E-state index in [1.54, 1.807) is 26.3 Å². The van der Waals surface area contributed by atoms with Crippen LogP contribution >= 0.6 is 28.4 Å². The predicted octanol–water partition coefficient (Wildman–Crippen LogP) is 8.57. The highest BCUT2D eigenvalue weighted by atomic mass is 127. The van der Waals surface area contributed by atoms with Crippen molar-refractivity contribution in [3.05, 3.63) is 75.6 Å². The second-order valence-corrected chi connectivity index (χ2v) is 15.2. The molecule has 0 aliphatic heterocycles. The van der Waals surface area contributed by atoms with Gasteiger partial charge in [-0.2, -0.15) is 20.2 Å². The van der Waals surface area contributed by atoms with Gasteiger partial charge in [0.15, 0.2) is 5.75 Å². The predicted molar refractivity (Wildman–Crippen MR) is 219 cm³/mol. The molecule has 0 radical (unpaired) electrons. The molecule has 276 valence electrons. The lowest BCUT2D eigenvalue weighted by atomic mass is 9.88. The Labute approximate surface area is 320 Å². The molecule has 1 fully saturated rings. The topological polar surface area (TPSA) is 136 Å². The average molecular weight is 851 g/mol. The molecule has 1 saturated carbocycles. The lowest BCUT2D eigenvalue weighted by Crippen LogP contribution is -2.18. The summed E-state index contributed by atoms with van der Waals surface area (Å²) in [6.45, 7) is 8.10. The molecule has 4 heterocycles. The van der Waals surface area contributed by atoms with Crippen LogP contribution in [-0.4, -0.2) is 68.6 Å². The minimum Gasteiger partial charge on any atom is -0.486 e. The van der Waals surface area contributed by atoms with Crippen LogP contribution in [0.25, 0.3) is 54.7 Å². The van der Waals surface area contributed by atoms with E-state index in [0.717, 1.165) is 56.6 Å². The van der Waals surface area contributed by atoms with Gasteiger partial charge in [0.05, 0.1) is 30.4 Å². The van der Waals surface area contributed by atoms with Crippen molar-refractivity contribution < 1.29 is 18.6 Å². The summed E-state index contributed by atoms with van der Waals surface area (Å²) in [7, 11) is 5.49. The van der Waals surface area contributed by atoms with Crippen LogP contribution < -0.4 is 19.9 Å². The smallest absolute Gasteiger partial charge is 0.319 e. The van der Waals surface area contributed by atoms with E-state index in [2.05, 4.69) is 48.4 Å². The number of methoxy groups -OCH3 is 1. The maximum Gasteiger partial charge on any atom is 0.319 e. The minimum absolute atomic E-state index is 0.141. The highest BCUT2D eigenvalue weighted by Gasteiger charge is 2.33. The molecule has 0 amide bonds. The number of nitrogens with one attached hydrogen (secondary N) is 2. The third-order valence-corrected chi connectivity index (χ3v) is 11.4. The van der Waals surface area contributed by atoms with E-state index >= 15 is 4.39 Å². The van der Waals surface area contributed by atoms with E-state index in [-0.39, 0.29) is 42.6 Å². The molecule has 0 saturated heterocycles. The van der Waals surface area contributed by atoms with Gasteiger partial charge < -0.3 is 24.1 Å². The molecule has 8 rings (SSSR count).